The number of hydrogen-bond acceptors (Lipinski definition) is 5. The molecule has 136 valence electrons. The minimum Gasteiger partial charge on any atom is -0.493 e. The molecule has 5 nitrogen and oxygen atoms in total. The fourth-order valence-corrected chi connectivity index (χ4v) is 3.54. The van der Waals surface area contributed by atoms with Gasteiger partial charge in [-0.3, -0.25) is 10.1 Å². The molecule has 1 N–H and O–H groups in total. The van der Waals surface area contributed by atoms with Crippen molar-refractivity contribution in [2.24, 2.45) is 0 Å². The Morgan fingerprint density at radius 2 is 2.00 bits per heavy atom. The van der Waals surface area contributed by atoms with Gasteiger partial charge >= 0.3 is 0 Å². The van der Waals surface area contributed by atoms with Gasteiger partial charge in [0.15, 0.2) is 23.2 Å². The quantitative estimate of drug-likeness (QED) is 0.626. The molecule has 0 radical (unpaired) electrons. The minimum absolute atomic E-state index is 0.0992. The van der Waals surface area contributed by atoms with Gasteiger partial charge in [-0.1, -0.05) is 42.9 Å². The topological polar surface area (TPSA) is 60.5 Å². The molecule has 1 amide bonds. The smallest absolute Gasteiger partial charge is 0.264 e. The Balaban J connectivity index is 1.61. The molecule has 0 aliphatic heterocycles. The van der Waals surface area contributed by atoms with Crippen molar-refractivity contribution in [3.05, 3.63) is 48.0 Å². The van der Waals surface area contributed by atoms with Crippen molar-refractivity contribution in [3.63, 3.8) is 0 Å². The maximum absolute atomic E-state index is 12.2. The number of para-hydroxylation sites is 2. The van der Waals surface area contributed by atoms with Gasteiger partial charge in [-0.05, 0) is 42.7 Å². The van der Waals surface area contributed by atoms with Gasteiger partial charge in [0.1, 0.15) is 0 Å². The van der Waals surface area contributed by atoms with E-state index in [4.69, 9.17) is 9.47 Å². The molecule has 0 saturated carbocycles. The van der Waals surface area contributed by atoms with Crippen molar-refractivity contribution in [2.45, 2.75) is 26.2 Å². The Morgan fingerprint density at radius 1 is 1.19 bits per heavy atom. The van der Waals surface area contributed by atoms with Gasteiger partial charge < -0.3 is 9.47 Å². The SMILES string of the molecule is CCCCc1ccc2nc(NC(=O)COc3ccccc3OC)sc2c1. The van der Waals surface area contributed by atoms with Crippen molar-refractivity contribution in [2.75, 3.05) is 19.0 Å². The number of aryl methyl sites for hydroxylation is 1. The number of rotatable bonds is 8. The number of anilines is 1. The Bertz CT molecular complexity index is 892. The maximum atomic E-state index is 12.2. The van der Waals surface area contributed by atoms with E-state index in [2.05, 4.69) is 29.4 Å². The van der Waals surface area contributed by atoms with Crippen LogP contribution < -0.4 is 14.8 Å². The van der Waals surface area contributed by atoms with E-state index in [0.29, 0.717) is 16.6 Å². The number of amides is 1. The summed E-state index contributed by atoms with van der Waals surface area (Å²) in [6.07, 6.45) is 3.42. The number of fused-ring (bicyclic) bond motifs is 1. The Morgan fingerprint density at radius 3 is 2.77 bits per heavy atom. The van der Waals surface area contributed by atoms with E-state index in [9.17, 15) is 4.79 Å². The lowest BCUT2D eigenvalue weighted by Gasteiger charge is -2.09. The summed E-state index contributed by atoms with van der Waals surface area (Å²) in [5.74, 6) is 0.885. The molecule has 1 heterocycles. The van der Waals surface area contributed by atoms with Gasteiger partial charge in [0.2, 0.25) is 0 Å². The average Bonchev–Trinajstić information content (AvgIpc) is 3.06. The number of nitrogens with zero attached hydrogens (tertiary/aromatic N) is 1. The van der Waals surface area contributed by atoms with Crippen LogP contribution in [0.25, 0.3) is 10.2 Å². The van der Waals surface area contributed by atoms with Gasteiger partial charge in [-0.25, -0.2) is 4.98 Å². The monoisotopic (exact) mass is 370 g/mol. The van der Waals surface area contributed by atoms with Crippen LogP contribution in [-0.2, 0) is 11.2 Å². The van der Waals surface area contributed by atoms with E-state index in [0.717, 1.165) is 16.6 Å². The number of benzene rings is 2. The number of thiazole rings is 1. The molecule has 3 aromatic rings. The number of ether oxygens (including phenoxy) is 2. The third-order valence-electron chi connectivity index (χ3n) is 3.95. The normalized spacial score (nSPS) is 10.7. The largest absolute Gasteiger partial charge is 0.493 e. The van der Waals surface area contributed by atoms with Gasteiger partial charge in [0, 0.05) is 0 Å². The first-order valence-corrected chi connectivity index (χ1v) is 9.46. The van der Waals surface area contributed by atoms with Crippen LogP contribution in [0.5, 0.6) is 11.5 Å². The summed E-state index contributed by atoms with van der Waals surface area (Å²) in [6, 6.07) is 13.5. The summed E-state index contributed by atoms with van der Waals surface area (Å²) >= 11 is 1.48. The first kappa shape index (κ1) is 18.2. The molecular weight excluding hydrogens is 348 g/mol. The van der Waals surface area contributed by atoms with Crippen molar-refractivity contribution >= 4 is 32.6 Å². The summed E-state index contributed by atoms with van der Waals surface area (Å²) in [6.45, 7) is 2.09. The van der Waals surface area contributed by atoms with E-state index in [1.165, 1.54) is 29.7 Å². The predicted octanol–water partition coefficient (Wildman–Crippen LogP) is 4.67. The van der Waals surface area contributed by atoms with Gasteiger partial charge in [0.25, 0.3) is 5.91 Å². The second kappa shape index (κ2) is 8.67. The molecule has 0 aliphatic carbocycles. The molecule has 26 heavy (non-hydrogen) atoms. The Labute approximate surface area is 157 Å². The highest BCUT2D eigenvalue weighted by Crippen LogP contribution is 2.28. The summed E-state index contributed by atoms with van der Waals surface area (Å²) in [7, 11) is 1.57. The fourth-order valence-electron chi connectivity index (χ4n) is 2.60. The van der Waals surface area contributed by atoms with Crippen molar-refractivity contribution in [1.82, 2.24) is 4.98 Å². The van der Waals surface area contributed by atoms with Crippen LogP contribution in [0.3, 0.4) is 0 Å². The molecular formula is C20H22N2O3S. The zero-order chi connectivity index (χ0) is 18.4. The van der Waals surface area contributed by atoms with Gasteiger partial charge in [0.05, 0.1) is 17.3 Å². The van der Waals surface area contributed by atoms with Crippen LogP contribution in [0, 0.1) is 0 Å². The summed E-state index contributed by atoms with van der Waals surface area (Å²) in [4.78, 5) is 16.6. The average molecular weight is 370 g/mol. The standard InChI is InChI=1S/C20H22N2O3S/c1-3-4-7-14-10-11-15-18(12-14)26-20(21-15)22-19(23)13-25-17-9-6-5-8-16(17)24-2/h5-6,8-12H,3-4,7,13H2,1-2H3,(H,21,22,23). The highest BCUT2D eigenvalue weighted by atomic mass is 32.1. The zero-order valence-electron chi connectivity index (χ0n) is 15.0. The fraction of sp³-hybridized carbons (Fsp3) is 0.300. The molecule has 0 unspecified atom stereocenters. The zero-order valence-corrected chi connectivity index (χ0v) is 15.8. The molecule has 0 bridgehead atoms. The van der Waals surface area contributed by atoms with Crippen LogP contribution in [0.4, 0.5) is 5.13 Å². The summed E-state index contributed by atoms with van der Waals surface area (Å²) in [5, 5.41) is 3.39. The van der Waals surface area contributed by atoms with E-state index < -0.39 is 0 Å². The number of unbranched alkanes of at least 4 members (excludes halogenated alkanes) is 1. The summed E-state index contributed by atoms with van der Waals surface area (Å²) < 4.78 is 11.8. The lowest BCUT2D eigenvalue weighted by molar-refractivity contribution is -0.118. The third kappa shape index (κ3) is 4.52. The van der Waals surface area contributed by atoms with Crippen molar-refractivity contribution in [3.8, 4) is 11.5 Å². The molecule has 1 aromatic heterocycles. The lowest BCUT2D eigenvalue weighted by Crippen LogP contribution is -2.20. The highest BCUT2D eigenvalue weighted by molar-refractivity contribution is 7.22. The van der Waals surface area contributed by atoms with E-state index in [-0.39, 0.29) is 12.5 Å². The number of nitrogens with one attached hydrogen (secondary N) is 1. The molecule has 6 heteroatoms. The van der Waals surface area contributed by atoms with Crippen LogP contribution in [0.15, 0.2) is 42.5 Å². The highest BCUT2D eigenvalue weighted by Gasteiger charge is 2.10. The van der Waals surface area contributed by atoms with Crippen LogP contribution >= 0.6 is 11.3 Å². The molecule has 0 spiro atoms. The minimum atomic E-state index is -0.249. The number of hydrogen-bond donors (Lipinski definition) is 1. The number of aromatic nitrogens is 1. The molecule has 0 atom stereocenters. The predicted molar refractivity (Wildman–Crippen MR) is 105 cm³/mol. The molecule has 0 aliphatic rings. The molecule has 3 rings (SSSR count). The first-order chi connectivity index (χ1) is 12.7. The molecule has 0 fully saturated rings. The number of carbonyl (C=O) groups is 1. The van der Waals surface area contributed by atoms with Crippen molar-refractivity contribution < 1.29 is 14.3 Å². The van der Waals surface area contributed by atoms with Gasteiger partial charge in [-0.2, -0.15) is 0 Å². The maximum Gasteiger partial charge on any atom is 0.264 e. The third-order valence-corrected chi connectivity index (χ3v) is 4.88. The van der Waals surface area contributed by atoms with Crippen molar-refractivity contribution in [1.29, 1.82) is 0 Å². The Hall–Kier alpha value is -2.60. The molecule has 2 aromatic carbocycles. The second-order valence-electron chi connectivity index (χ2n) is 5.91. The van der Waals surface area contributed by atoms with Crippen LogP contribution in [0.2, 0.25) is 0 Å². The lowest BCUT2D eigenvalue weighted by atomic mass is 10.1. The summed E-state index contributed by atoms with van der Waals surface area (Å²) in [5.41, 5.74) is 2.21. The van der Waals surface area contributed by atoms with E-state index in [1.807, 2.05) is 18.2 Å². The van der Waals surface area contributed by atoms with Crippen LogP contribution in [-0.4, -0.2) is 24.6 Å². The number of methoxy groups -OCH3 is 1. The van der Waals surface area contributed by atoms with Gasteiger partial charge in [-0.15, -0.1) is 0 Å². The second-order valence-corrected chi connectivity index (χ2v) is 6.94. The first-order valence-electron chi connectivity index (χ1n) is 8.64. The number of carbonyl (C=O) groups excluding carboxylic acids is 1. The molecule has 0 saturated heterocycles. The van der Waals surface area contributed by atoms with E-state index >= 15 is 0 Å². The van der Waals surface area contributed by atoms with Crippen LogP contribution in [0.1, 0.15) is 25.3 Å². The Kier molecular flexibility index (Phi) is 6.07. The van der Waals surface area contributed by atoms with E-state index in [1.54, 1.807) is 19.2 Å².